The summed E-state index contributed by atoms with van der Waals surface area (Å²) < 4.78 is 0.681. The first kappa shape index (κ1) is 13.9. The predicted octanol–water partition coefficient (Wildman–Crippen LogP) is 4.25. The molecule has 0 unspecified atom stereocenters. The van der Waals surface area contributed by atoms with Crippen LogP contribution in [-0.2, 0) is 0 Å². The van der Waals surface area contributed by atoms with E-state index in [0.29, 0.717) is 26.4 Å². The molecular weight excluding hydrogens is 328 g/mol. The molecule has 0 saturated heterocycles. The fraction of sp³-hybridized carbons (Fsp3) is 0.0714. The topological polar surface area (TPSA) is 55.1 Å². The first-order chi connectivity index (χ1) is 8.97. The van der Waals surface area contributed by atoms with Crippen molar-refractivity contribution in [3.05, 3.63) is 57.0 Å². The Hall–Kier alpha value is -1.52. The first-order valence-electron chi connectivity index (χ1n) is 5.60. The number of rotatable bonds is 2. The third-order valence-corrected chi connectivity index (χ3v) is 3.55. The van der Waals surface area contributed by atoms with Gasteiger partial charge in [0.15, 0.2) is 0 Å². The summed E-state index contributed by atoms with van der Waals surface area (Å²) in [5.74, 6) is -0.259. The predicted molar refractivity (Wildman–Crippen MR) is 82.7 cm³/mol. The van der Waals surface area contributed by atoms with E-state index < -0.39 is 0 Å². The summed E-state index contributed by atoms with van der Waals surface area (Å²) in [6.07, 6.45) is 0. The molecule has 0 aliphatic rings. The van der Waals surface area contributed by atoms with E-state index in [2.05, 4.69) is 21.2 Å². The number of hydrogen-bond acceptors (Lipinski definition) is 2. The number of amides is 1. The summed E-state index contributed by atoms with van der Waals surface area (Å²) in [7, 11) is 0. The Balaban J connectivity index is 2.28. The minimum Gasteiger partial charge on any atom is -0.397 e. The van der Waals surface area contributed by atoms with Crippen molar-refractivity contribution in [2.24, 2.45) is 0 Å². The van der Waals surface area contributed by atoms with Gasteiger partial charge >= 0.3 is 0 Å². The summed E-state index contributed by atoms with van der Waals surface area (Å²) in [6, 6.07) is 10.5. The van der Waals surface area contributed by atoms with Crippen molar-refractivity contribution >= 4 is 44.8 Å². The highest BCUT2D eigenvalue weighted by atomic mass is 79.9. The first-order valence-corrected chi connectivity index (χ1v) is 6.77. The molecule has 0 radical (unpaired) electrons. The maximum atomic E-state index is 12.2. The lowest BCUT2D eigenvalue weighted by Gasteiger charge is -2.10. The molecule has 0 atom stereocenters. The maximum absolute atomic E-state index is 12.2. The molecule has 0 aliphatic heterocycles. The van der Waals surface area contributed by atoms with Crippen LogP contribution in [0.4, 0.5) is 11.4 Å². The third kappa shape index (κ3) is 3.28. The maximum Gasteiger partial charge on any atom is 0.256 e. The molecule has 19 heavy (non-hydrogen) atoms. The van der Waals surface area contributed by atoms with Gasteiger partial charge in [-0.25, -0.2) is 0 Å². The number of carbonyl (C=O) groups excluding carboxylic acids is 1. The molecule has 2 aromatic rings. The van der Waals surface area contributed by atoms with Gasteiger partial charge in [0.25, 0.3) is 5.91 Å². The second kappa shape index (κ2) is 5.63. The average molecular weight is 340 g/mol. The summed E-state index contributed by atoms with van der Waals surface area (Å²) >= 11 is 9.21. The molecule has 0 spiro atoms. The largest absolute Gasteiger partial charge is 0.397 e. The van der Waals surface area contributed by atoms with Crippen LogP contribution in [0.15, 0.2) is 40.9 Å². The molecule has 0 aromatic heterocycles. The van der Waals surface area contributed by atoms with Gasteiger partial charge in [-0.1, -0.05) is 17.7 Å². The zero-order chi connectivity index (χ0) is 14.0. The summed E-state index contributed by atoms with van der Waals surface area (Å²) in [5.41, 5.74) is 8.49. The van der Waals surface area contributed by atoms with Gasteiger partial charge in [-0.15, -0.1) is 0 Å². The number of halogens is 2. The second-order valence-electron chi connectivity index (χ2n) is 4.17. The van der Waals surface area contributed by atoms with Crippen LogP contribution in [0.5, 0.6) is 0 Å². The van der Waals surface area contributed by atoms with Crippen molar-refractivity contribution in [1.29, 1.82) is 0 Å². The van der Waals surface area contributed by atoms with E-state index in [-0.39, 0.29) is 5.91 Å². The zero-order valence-corrected chi connectivity index (χ0v) is 12.5. The lowest BCUT2D eigenvalue weighted by Crippen LogP contribution is -2.13. The zero-order valence-electron chi connectivity index (χ0n) is 10.2. The van der Waals surface area contributed by atoms with Crippen LogP contribution in [0.1, 0.15) is 15.9 Å². The summed E-state index contributed by atoms with van der Waals surface area (Å²) in [4.78, 5) is 12.2. The van der Waals surface area contributed by atoms with Gasteiger partial charge in [-0.2, -0.15) is 0 Å². The number of nitrogens with two attached hydrogens (primary N) is 1. The molecule has 0 aliphatic carbocycles. The Morgan fingerprint density at radius 2 is 2.00 bits per heavy atom. The standard InChI is InChI=1S/C14H12BrClN2O/c1-8-2-5-13(12(17)6-8)18-14(19)10-7-9(16)3-4-11(10)15/h2-7H,17H2,1H3,(H,18,19). The molecule has 98 valence electrons. The van der Waals surface area contributed by atoms with E-state index in [1.807, 2.05) is 19.1 Å². The molecule has 1 amide bonds. The van der Waals surface area contributed by atoms with E-state index >= 15 is 0 Å². The number of anilines is 2. The van der Waals surface area contributed by atoms with Gasteiger partial charge in [-0.3, -0.25) is 4.79 Å². The Labute approximate surface area is 124 Å². The lowest BCUT2D eigenvalue weighted by molar-refractivity contribution is 0.102. The molecule has 3 N–H and O–H groups in total. The molecule has 0 fully saturated rings. The van der Waals surface area contributed by atoms with Crippen molar-refractivity contribution in [2.45, 2.75) is 6.92 Å². The van der Waals surface area contributed by atoms with Crippen LogP contribution in [0.3, 0.4) is 0 Å². The smallest absolute Gasteiger partial charge is 0.256 e. The number of nitrogens with one attached hydrogen (secondary N) is 1. The number of hydrogen-bond donors (Lipinski definition) is 2. The highest BCUT2D eigenvalue weighted by molar-refractivity contribution is 9.10. The Kier molecular flexibility index (Phi) is 4.12. The van der Waals surface area contributed by atoms with E-state index in [4.69, 9.17) is 17.3 Å². The van der Waals surface area contributed by atoms with Crippen molar-refractivity contribution in [2.75, 3.05) is 11.1 Å². The van der Waals surface area contributed by atoms with Crippen LogP contribution in [0.2, 0.25) is 5.02 Å². The van der Waals surface area contributed by atoms with Crippen LogP contribution >= 0.6 is 27.5 Å². The molecule has 2 rings (SSSR count). The van der Waals surface area contributed by atoms with Crippen molar-refractivity contribution < 1.29 is 4.79 Å². The van der Waals surface area contributed by atoms with E-state index in [9.17, 15) is 4.79 Å². The molecule has 3 nitrogen and oxygen atoms in total. The highest BCUT2D eigenvalue weighted by Crippen LogP contribution is 2.24. The Morgan fingerprint density at radius 1 is 1.26 bits per heavy atom. The summed E-state index contributed by atoms with van der Waals surface area (Å²) in [5, 5.41) is 3.27. The normalized spacial score (nSPS) is 10.3. The van der Waals surface area contributed by atoms with Crippen LogP contribution in [0.25, 0.3) is 0 Å². The van der Waals surface area contributed by atoms with Crippen molar-refractivity contribution in [3.8, 4) is 0 Å². The lowest BCUT2D eigenvalue weighted by atomic mass is 10.1. The minimum absolute atomic E-state index is 0.259. The van der Waals surface area contributed by atoms with Crippen LogP contribution in [0, 0.1) is 6.92 Å². The van der Waals surface area contributed by atoms with Crippen molar-refractivity contribution in [1.82, 2.24) is 0 Å². The third-order valence-electron chi connectivity index (χ3n) is 2.63. The highest BCUT2D eigenvalue weighted by Gasteiger charge is 2.12. The summed E-state index contributed by atoms with van der Waals surface area (Å²) in [6.45, 7) is 1.94. The quantitative estimate of drug-likeness (QED) is 0.804. The molecule has 5 heteroatoms. The van der Waals surface area contributed by atoms with Gasteiger partial charge in [0.1, 0.15) is 0 Å². The minimum atomic E-state index is -0.259. The van der Waals surface area contributed by atoms with E-state index in [1.54, 1.807) is 24.3 Å². The second-order valence-corrected chi connectivity index (χ2v) is 5.46. The van der Waals surface area contributed by atoms with Crippen LogP contribution < -0.4 is 11.1 Å². The van der Waals surface area contributed by atoms with E-state index in [1.165, 1.54) is 0 Å². The molecule has 0 bridgehead atoms. The molecular formula is C14H12BrClN2O. The fourth-order valence-electron chi connectivity index (χ4n) is 1.66. The Bertz CT molecular complexity index is 643. The molecule has 0 saturated carbocycles. The van der Waals surface area contributed by atoms with Gasteiger partial charge < -0.3 is 11.1 Å². The number of nitrogen functional groups attached to an aromatic ring is 1. The van der Waals surface area contributed by atoms with Crippen molar-refractivity contribution in [3.63, 3.8) is 0 Å². The molecule has 2 aromatic carbocycles. The van der Waals surface area contributed by atoms with Gasteiger partial charge in [0.05, 0.1) is 16.9 Å². The van der Waals surface area contributed by atoms with Gasteiger partial charge in [0, 0.05) is 9.50 Å². The Morgan fingerprint density at radius 3 is 2.68 bits per heavy atom. The van der Waals surface area contributed by atoms with Gasteiger partial charge in [-0.05, 0) is 58.7 Å². The average Bonchev–Trinajstić information content (AvgIpc) is 2.35. The number of carbonyl (C=O) groups is 1. The molecule has 0 heterocycles. The van der Waals surface area contributed by atoms with Crippen LogP contribution in [-0.4, -0.2) is 5.91 Å². The number of benzene rings is 2. The number of aryl methyl sites for hydroxylation is 1. The van der Waals surface area contributed by atoms with Gasteiger partial charge in [0.2, 0.25) is 0 Å². The fourth-order valence-corrected chi connectivity index (χ4v) is 2.26. The monoisotopic (exact) mass is 338 g/mol. The SMILES string of the molecule is Cc1ccc(NC(=O)c2cc(Cl)ccc2Br)c(N)c1. The van der Waals surface area contributed by atoms with E-state index in [0.717, 1.165) is 5.56 Å².